The Morgan fingerprint density at radius 2 is 1.61 bits per heavy atom. The smallest absolute Gasteiger partial charge is 0.239 e. The highest BCUT2D eigenvalue weighted by Crippen LogP contribution is 2.39. The van der Waals surface area contributed by atoms with Crippen LogP contribution in [0.2, 0.25) is 0 Å². The number of phenolic OH excluding ortho intramolecular Hbond substituents is 4. The number of ether oxygens (including phenoxy) is 2. The van der Waals surface area contributed by atoms with Gasteiger partial charge >= 0.3 is 0 Å². The van der Waals surface area contributed by atoms with Gasteiger partial charge in [-0.05, 0) is 18.2 Å². The summed E-state index contributed by atoms with van der Waals surface area (Å²) >= 11 is 0. The Morgan fingerprint density at radius 1 is 0.879 bits per heavy atom. The topological polar surface area (TPSA) is 211 Å². The highest BCUT2D eigenvalue weighted by molar-refractivity contribution is 5.88. The summed E-state index contributed by atoms with van der Waals surface area (Å²) in [5.74, 6) is -3.05. The fraction of sp³-hybridized carbons (Fsp3) is 0.286. The van der Waals surface area contributed by atoms with Gasteiger partial charge in [-0.2, -0.15) is 0 Å². The molecule has 0 amide bonds. The van der Waals surface area contributed by atoms with E-state index in [-0.39, 0.29) is 22.3 Å². The van der Waals surface area contributed by atoms with Gasteiger partial charge < -0.3 is 54.7 Å². The molecule has 1 aromatic heterocycles. The van der Waals surface area contributed by atoms with E-state index in [1.807, 2.05) is 0 Å². The number of fused-ring (bicyclic) bond motifs is 1. The van der Waals surface area contributed by atoms with Crippen molar-refractivity contribution in [1.82, 2.24) is 0 Å². The number of aliphatic hydroxyl groups is 4. The number of aromatic hydroxyl groups is 4. The van der Waals surface area contributed by atoms with Crippen LogP contribution in [0, 0.1) is 0 Å². The molecule has 5 atom stereocenters. The minimum absolute atomic E-state index is 0.0201. The molecule has 3 aromatic rings. The quantitative estimate of drug-likeness (QED) is 0.229. The molecule has 1 aliphatic rings. The average molecular weight is 464 g/mol. The van der Waals surface area contributed by atoms with Gasteiger partial charge in [0.05, 0.1) is 6.61 Å². The summed E-state index contributed by atoms with van der Waals surface area (Å²) in [6.45, 7) is -0.740. The first-order chi connectivity index (χ1) is 15.6. The van der Waals surface area contributed by atoms with E-state index in [4.69, 9.17) is 13.9 Å². The molecule has 0 saturated carbocycles. The van der Waals surface area contributed by atoms with Gasteiger partial charge in [0, 0.05) is 17.7 Å². The number of benzene rings is 2. The third-order valence-corrected chi connectivity index (χ3v) is 5.24. The molecule has 0 radical (unpaired) electrons. The van der Waals surface area contributed by atoms with E-state index < -0.39 is 71.5 Å². The van der Waals surface area contributed by atoms with Crippen molar-refractivity contribution >= 4 is 11.0 Å². The van der Waals surface area contributed by atoms with Crippen LogP contribution in [0.1, 0.15) is 0 Å². The van der Waals surface area contributed by atoms with Crippen LogP contribution in [0.5, 0.6) is 28.7 Å². The van der Waals surface area contributed by atoms with Gasteiger partial charge in [0.25, 0.3) is 0 Å². The molecule has 0 spiro atoms. The molecule has 1 aliphatic heterocycles. The standard InChI is InChI=1S/C21H20O12/c22-6-13-15(27)17(29)18(30)21(32-13)33-20-16(28)14-11(26)4-8(23)5-12(14)31-19(20)7-1-2-9(24)10(25)3-7/h1-5,13,15,17-18,21-27,29-30H,6H2/t13?,15?,17?,18?,21-/m0/s1. The van der Waals surface area contributed by atoms with Crippen molar-refractivity contribution in [2.75, 3.05) is 6.61 Å². The van der Waals surface area contributed by atoms with E-state index in [1.54, 1.807) is 0 Å². The molecule has 2 heterocycles. The Hall–Kier alpha value is -3.55. The Labute approximate surface area is 184 Å². The summed E-state index contributed by atoms with van der Waals surface area (Å²) in [6.07, 6.45) is -8.40. The van der Waals surface area contributed by atoms with E-state index in [2.05, 4.69) is 0 Å². The number of aliphatic hydroxyl groups excluding tert-OH is 4. The Morgan fingerprint density at radius 3 is 2.27 bits per heavy atom. The van der Waals surface area contributed by atoms with Crippen LogP contribution in [0.15, 0.2) is 39.5 Å². The van der Waals surface area contributed by atoms with Crippen LogP contribution in [-0.4, -0.2) is 78.2 Å². The zero-order valence-corrected chi connectivity index (χ0v) is 16.7. The maximum Gasteiger partial charge on any atom is 0.239 e. The summed E-state index contributed by atoms with van der Waals surface area (Å²) in [6, 6.07) is 5.36. The van der Waals surface area contributed by atoms with Crippen LogP contribution >= 0.6 is 0 Å². The lowest BCUT2D eigenvalue weighted by Crippen LogP contribution is -2.60. The largest absolute Gasteiger partial charge is 0.508 e. The number of rotatable bonds is 4. The Bertz CT molecular complexity index is 1250. The predicted molar refractivity (Wildman–Crippen MR) is 109 cm³/mol. The molecule has 0 bridgehead atoms. The maximum atomic E-state index is 13.2. The molecule has 0 aliphatic carbocycles. The van der Waals surface area contributed by atoms with Gasteiger partial charge in [-0.15, -0.1) is 0 Å². The van der Waals surface area contributed by atoms with Crippen LogP contribution in [0.25, 0.3) is 22.3 Å². The van der Waals surface area contributed by atoms with E-state index in [0.29, 0.717) is 0 Å². The van der Waals surface area contributed by atoms with E-state index >= 15 is 0 Å². The zero-order chi connectivity index (χ0) is 24.0. The van der Waals surface area contributed by atoms with Crippen LogP contribution in [-0.2, 0) is 4.74 Å². The minimum Gasteiger partial charge on any atom is -0.508 e. The van der Waals surface area contributed by atoms with Gasteiger partial charge in [0.1, 0.15) is 46.9 Å². The summed E-state index contributed by atoms with van der Waals surface area (Å²) < 4.78 is 16.5. The summed E-state index contributed by atoms with van der Waals surface area (Å²) in [5.41, 5.74) is -1.19. The molecule has 12 heteroatoms. The molecule has 2 aromatic carbocycles. The van der Waals surface area contributed by atoms with Gasteiger partial charge in [-0.1, -0.05) is 0 Å². The highest BCUT2D eigenvalue weighted by atomic mass is 16.7. The molecule has 12 nitrogen and oxygen atoms in total. The SMILES string of the molecule is O=c1c(O[C@@H]2OC(CO)C(O)C(O)C2O)c(-c2ccc(O)c(O)c2)oc2cc(O)cc(O)c12. The monoisotopic (exact) mass is 464 g/mol. The second-order valence-corrected chi connectivity index (χ2v) is 7.45. The molecule has 4 rings (SSSR count). The van der Waals surface area contributed by atoms with Gasteiger partial charge in [-0.3, -0.25) is 4.79 Å². The number of hydrogen-bond acceptors (Lipinski definition) is 12. The Kier molecular flexibility index (Phi) is 5.78. The first-order valence-electron chi connectivity index (χ1n) is 9.64. The maximum absolute atomic E-state index is 13.2. The van der Waals surface area contributed by atoms with E-state index in [9.17, 15) is 45.6 Å². The van der Waals surface area contributed by atoms with Crippen molar-refractivity contribution in [3.63, 3.8) is 0 Å². The number of phenols is 4. The lowest BCUT2D eigenvalue weighted by Gasteiger charge is -2.39. The lowest BCUT2D eigenvalue weighted by atomic mass is 9.99. The van der Waals surface area contributed by atoms with Crippen LogP contribution in [0.4, 0.5) is 0 Å². The molecular formula is C21H20O12. The molecular weight excluding hydrogens is 444 g/mol. The highest BCUT2D eigenvalue weighted by Gasteiger charge is 2.45. The van der Waals surface area contributed by atoms with Crippen LogP contribution < -0.4 is 10.2 Å². The van der Waals surface area contributed by atoms with Gasteiger partial charge in [0.2, 0.25) is 17.5 Å². The predicted octanol–water partition coefficient (Wildman–Crippen LogP) is -0.539. The molecule has 1 saturated heterocycles. The lowest BCUT2D eigenvalue weighted by molar-refractivity contribution is -0.277. The molecule has 1 fully saturated rings. The van der Waals surface area contributed by atoms with Crippen molar-refractivity contribution < 1.29 is 54.7 Å². The van der Waals surface area contributed by atoms with E-state index in [1.165, 1.54) is 6.07 Å². The van der Waals surface area contributed by atoms with Crippen molar-refractivity contribution in [2.24, 2.45) is 0 Å². The molecule has 33 heavy (non-hydrogen) atoms. The molecule has 176 valence electrons. The van der Waals surface area contributed by atoms with Crippen LogP contribution in [0.3, 0.4) is 0 Å². The minimum atomic E-state index is -1.85. The van der Waals surface area contributed by atoms with Crippen molar-refractivity contribution in [1.29, 1.82) is 0 Å². The van der Waals surface area contributed by atoms with E-state index in [0.717, 1.165) is 24.3 Å². The average Bonchev–Trinajstić information content (AvgIpc) is 2.76. The second kappa shape index (κ2) is 8.42. The summed E-state index contributed by atoms with van der Waals surface area (Å²) in [5, 5.41) is 78.7. The fourth-order valence-electron chi connectivity index (χ4n) is 3.51. The normalized spacial score (nSPS) is 25.3. The number of hydrogen-bond donors (Lipinski definition) is 8. The summed E-state index contributed by atoms with van der Waals surface area (Å²) in [4.78, 5) is 13.2. The van der Waals surface area contributed by atoms with Crippen molar-refractivity contribution in [3.05, 3.63) is 40.6 Å². The molecule has 8 N–H and O–H groups in total. The van der Waals surface area contributed by atoms with Crippen molar-refractivity contribution in [3.8, 4) is 40.1 Å². The second-order valence-electron chi connectivity index (χ2n) is 7.45. The third kappa shape index (κ3) is 3.90. The van der Waals surface area contributed by atoms with Gasteiger partial charge in [-0.25, -0.2) is 0 Å². The first-order valence-corrected chi connectivity index (χ1v) is 9.64. The van der Waals surface area contributed by atoms with Gasteiger partial charge in [0.15, 0.2) is 17.3 Å². The zero-order valence-electron chi connectivity index (χ0n) is 16.7. The first kappa shape index (κ1) is 22.6. The van der Waals surface area contributed by atoms with Crippen molar-refractivity contribution in [2.45, 2.75) is 30.7 Å². The summed E-state index contributed by atoms with van der Waals surface area (Å²) in [7, 11) is 0. The Balaban J connectivity index is 1.91. The third-order valence-electron chi connectivity index (χ3n) is 5.24. The fourth-order valence-corrected chi connectivity index (χ4v) is 3.51. The molecule has 4 unspecified atom stereocenters.